The van der Waals surface area contributed by atoms with Gasteiger partial charge >= 0.3 is 0 Å². The van der Waals surface area contributed by atoms with Crippen LogP contribution in [0.5, 0.6) is 0 Å². The molecule has 0 spiro atoms. The van der Waals surface area contributed by atoms with Crippen LogP contribution < -0.4 is 5.73 Å². The Hall–Kier alpha value is -1.52. The van der Waals surface area contributed by atoms with Gasteiger partial charge in [0.05, 0.1) is 22.0 Å². The number of aromatic nitrogens is 2. The quantitative estimate of drug-likeness (QED) is 0.857. The van der Waals surface area contributed by atoms with Crippen molar-refractivity contribution < 1.29 is 5.11 Å². The topological polar surface area (TPSA) is 64.1 Å². The van der Waals surface area contributed by atoms with Gasteiger partial charge in [-0.2, -0.15) is 5.10 Å². The van der Waals surface area contributed by atoms with Crippen molar-refractivity contribution in [2.24, 2.45) is 7.05 Å². The number of nitrogen functional groups attached to an aromatic ring is 1. The normalized spacial score (nSPS) is 20.8. The minimum absolute atomic E-state index is 0.478. The fourth-order valence-electron chi connectivity index (χ4n) is 3.22. The van der Waals surface area contributed by atoms with Gasteiger partial charge in [-0.05, 0) is 42.5 Å². The molecule has 0 saturated carbocycles. The molecule has 0 radical (unpaired) electrons. The number of aryl methyl sites for hydroxylation is 3. The number of nitrogens with zero attached hydrogens (tertiary/aromatic N) is 2. The molecule has 1 unspecified atom stereocenters. The molecule has 112 valence electrons. The van der Waals surface area contributed by atoms with E-state index in [-0.39, 0.29) is 0 Å². The Kier molecular flexibility index (Phi) is 3.46. The molecule has 2 aromatic rings. The number of hydrogen-bond acceptors (Lipinski definition) is 3. The van der Waals surface area contributed by atoms with Crippen LogP contribution in [-0.2, 0) is 31.9 Å². The zero-order chi connectivity index (χ0) is 15.2. The van der Waals surface area contributed by atoms with E-state index in [4.69, 9.17) is 17.3 Å². The lowest BCUT2D eigenvalue weighted by Gasteiger charge is -2.24. The molecule has 1 aromatic carbocycles. The lowest BCUT2D eigenvalue weighted by atomic mass is 9.90. The average molecular weight is 306 g/mol. The van der Waals surface area contributed by atoms with E-state index in [9.17, 15) is 5.11 Å². The van der Waals surface area contributed by atoms with Crippen LogP contribution in [0.25, 0.3) is 0 Å². The summed E-state index contributed by atoms with van der Waals surface area (Å²) in [5.74, 6) is 0. The monoisotopic (exact) mass is 305 g/mol. The van der Waals surface area contributed by atoms with Crippen LogP contribution in [0.3, 0.4) is 0 Å². The number of hydrogen-bond donors (Lipinski definition) is 2. The molecule has 1 aliphatic carbocycles. The predicted molar refractivity (Wildman–Crippen MR) is 84.4 cm³/mol. The summed E-state index contributed by atoms with van der Waals surface area (Å²) in [6.45, 7) is 2.03. The van der Waals surface area contributed by atoms with E-state index in [0.29, 0.717) is 17.9 Å². The number of fused-ring (bicyclic) bond motifs is 1. The third kappa shape index (κ3) is 2.32. The Labute approximate surface area is 129 Å². The second-order valence-electron chi connectivity index (χ2n) is 5.81. The van der Waals surface area contributed by atoms with E-state index in [2.05, 4.69) is 5.10 Å². The largest absolute Gasteiger partial charge is 0.399 e. The molecule has 0 amide bonds. The van der Waals surface area contributed by atoms with E-state index >= 15 is 0 Å². The maximum atomic E-state index is 11.1. The van der Waals surface area contributed by atoms with E-state index < -0.39 is 5.60 Å². The summed E-state index contributed by atoms with van der Waals surface area (Å²) >= 11 is 6.41. The van der Waals surface area contributed by atoms with Gasteiger partial charge in [0.25, 0.3) is 0 Å². The molecule has 3 rings (SSSR count). The van der Waals surface area contributed by atoms with Gasteiger partial charge < -0.3 is 10.8 Å². The third-order valence-corrected chi connectivity index (χ3v) is 4.84. The summed E-state index contributed by atoms with van der Waals surface area (Å²) in [5, 5.41) is 16.2. The van der Waals surface area contributed by atoms with Crippen LogP contribution in [0.4, 0.5) is 5.69 Å². The lowest BCUT2D eigenvalue weighted by Crippen LogP contribution is -2.26. The van der Waals surface area contributed by atoms with E-state index in [1.54, 1.807) is 4.68 Å². The molecule has 4 nitrogen and oxygen atoms in total. The first-order chi connectivity index (χ1) is 9.94. The number of anilines is 1. The Morgan fingerprint density at radius 2 is 2.24 bits per heavy atom. The van der Waals surface area contributed by atoms with Crippen molar-refractivity contribution in [2.45, 2.75) is 38.2 Å². The molecule has 0 saturated heterocycles. The Balaban J connectivity index is 1.98. The first-order valence-corrected chi connectivity index (χ1v) is 7.64. The summed E-state index contributed by atoms with van der Waals surface area (Å²) in [6.07, 6.45) is 2.80. The maximum Gasteiger partial charge on any atom is 0.0958 e. The van der Waals surface area contributed by atoms with Crippen molar-refractivity contribution in [1.82, 2.24) is 9.78 Å². The highest BCUT2D eigenvalue weighted by Crippen LogP contribution is 2.41. The fourth-order valence-corrected chi connectivity index (χ4v) is 3.58. The van der Waals surface area contributed by atoms with Crippen LogP contribution in [0, 0.1) is 0 Å². The van der Waals surface area contributed by atoms with Crippen molar-refractivity contribution in [3.8, 4) is 0 Å². The number of rotatable bonds is 3. The first-order valence-electron chi connectivity index (χ1n) is 7.26. The standard InChI is InChI=1S/C16H20ClN3O/c1-3-13-15(17)14(20(2)19-13)9-16(21)7-6-10-8-11(18)4-5-12(10)16/h4-5,8,21H,3,6-7,9,18H2,1-2H3. The van der Waals surface area contributed by atoms with Crippen molar-refractivity contribution in [3.05, 3.63) is 45.7 Å². The van der Waals surface area contributed by atoms with E-state index in [0.717, 1.165) is 41.0 Å². The third-order valence-electron chi connectivity index (χ3n) is 4.40. The highest BCUT2D eigenvalue weighted by Gasteiger charge is 2.38. The summed E-state index contributed by atoms with van der Waals surface area (Å²) in [5.41, 5.74) is 9.55. The lowest BCUT2D eigenvalue weighted by molar-refractivity contribution is 0.0371. The van der Waals surface area contributed by atoms with Crippen LogP contribution >= 0.6 is 11.6 Å². The van der Waals surface area contributed by atoms with E-state index in [1.165, 1.54) is 0 Å². The minimum Gasteiger partial charge on any atom is -0.399 e. The fraction of sp³-hybridized carbons (Fsp3) is 0.438. The maximum absolute atomic E-state index is 11.1. The molecule has 3 N–H and O–H groups in total. The molecule has 1 aliphatic rings. The molecule has 1 atom stereocenters. The van der Waals surface area contributed by atoms with Crippen molar-refractivity contribution in [3.63, 3.8) is 0 Å². The summed E-state index contributed by atoms with van der Waals surface area (Å²) in [7, 11) is 1.88. The number of aliphatic hydroxyl groups is 1. The van der Waals surface area contributed by atoms with Crippen LogP contribution in [0.15, 0.2) is 18.2 Å². The summed E-state index contributed by atoms with van der Waals surface area (Å²) in [6, 6.07) is 5.73. The van der Waals surface area contributed by atoms with Gasteiger partial charge in [-0.15, -0.1) is 0 Å². The van der Waals surface area contributed by atoms with Gasteiger partial charge in [-0.25, -0.2) is 0 Å². The molecule has 0 fully saturated rings. The molecular weight excluding hydrogens is 286 g/mol. The van der Waals surface area contributed by atoms with E-state index in [1.807, 2.05) is 32.2 Å². The number of benzene rings is 1. The highest BCUT2D eigenvalue weighted by molar-refractivity contribution is 6.31. The van der Waals surface area contributed by atoms with Crippen molar-refractivity contribution in [2.75, 3.05) is 5.73 Å². The van der Waals surface area contributed by atoms with Crippen molar-refractivity contribution >= 4 is 17.3 Å². The van der Waals surface area contributed by atoms with Gasteiger partial charge in [0.1, 0.15) is 0 Å². The highest BCUT2D eigenvalue weighted by atomic mass is 35.5. The SMILES string of the molecule is CCc1nn(C)c(CC2(O)CCc3cc(N)ccc32)c1Cl. The second-order valence-corrected chi connectivity index (χ2v) is 6.19. The molecular formula is C16H20ClN3O. The van der Waals surface area contributed by atoms with Crippen LogP contribution in [-0.4, -0.2) is 14.9 Å². The molecule has 1 aromatic heterocycles. The molecule has 1 heterocycles. The molecule has 0 bridgehead atoms. The molecule has 0 aliphatic heterocycles. The summed E-state index contributed by atoms with van der Waals surface area (Å²) in [4.78, 5) is 0. The van der Waals surface area contributed by atoms with Gasteiger partial charge in [-0.3, -0.25) is 4.68 Å². The minimum atomic E-state index is -0.883. The first kappa shape index (κ1) is 14.4. The zero-order valence-electron chi connectivity index (χ0n) is 12.4. The van der Waals surface area contributed by atoms with Crippen LogP contribution in [0.2, 0.25) is 5.02 Å². The number of halogens is 1. The zero-order valence-corrected chi connectivity index (χ0v) is 13.1. The van der Waals surface area contributed by atoms with Crippen molar-refractivity contribution in [1.29, 1.82) is 0 Å². The second kappa shape index (κ2) is 5.04. The number of nitrogens with two attached hydrogens (primary N) is 1. The Morgan fingerprint density at radius 3 is 2.90 bits per heavy atom. The summed E-state index contributed by atoms with van der Waals surface area (Å²) < 4.78 is 1.79. The molecule has 21 heavy (non-hydrogen) atoms. The van der Waals surface area contributed by atoms with Gasteiger partial charge in [0.2, 0.25) is 0 Å². The smallest absolute Gasteiger partial charge is 0.0958 e. The predicted octanol–water partition coefficient (Wildman–Crippen LogP) is 2.59. The van der Waals surface area contributed by atoms with Gasteiger partial charge in [-0.1, -0.05) is 24.6 Å². The van der Waals surface area contributed by atoms with Gasteiger partial charge in [0, 0.05) is 19.2 Å². The Bertz CT molecular complexity index is 695. The average Bonchev–Trinajstić information content (AvgIpc) is 2.91. The Morgan fingerprint density at radius 1 is 1.48 bits per heavy atom. The van der Waals surface area contributed by atoms with Gasteiger partial charge in [0.15, 0.2) is 0 Å². The van der Waals surface area contributed by atoms with Crippen LogP contribution in [0.1, 0.15) is 35.9 Å². The molecule has 5 heteroatoms.